The van der Waals surface area contributed by atoms with Gasteiger partial charge >= 0.3 is 5.97 Å². The molecule has 0 aliphatic carbocycles. The number of esters is 1. The minimum atomic E-state index is -0.462. The van der Waals surface area contributed by atoms with E-state index in [9.17, 15) is 14.7 Å². The van der Waals surface area contributed by atoms with Crippen LogP contribution < -0.4 is 15.0 Å². The summed E-state index contributed by atoms with van der Waals surface area (Å²) < 4.78 is 13.1. The first-order valence-electron chi connectivity index (χ1n) is 10.9. The summed E-state index contributed by atoms with van der Waals surface area (Å²) in [4.78, 5) is 26.1. The summed E-state index contributed by atoms with van der Waals surface area (Å²) in [7, 11) is 0. The maximum absolute atomic E-state index is 13.7. The lowest BCUT2D eigenvalue weighted by atomic mass is 9.86. The van der Waals surface area contributed by atoms with Crippen LogP contribution in [0, 0.1) is 6.92 Å². The summed E-state index contributed by atoms with van der Waals surface area (Å²) in [5.41, 5.74) is 3.69. The summed E-state index contributed by atoms with van der Waals surface area (Å²) in [5, 5.41) is 9.50. The highest BCUT2D eigenvalue weighted by Gasteiger charge is 2.34. The second-order valence-corrected chi connectivity index (χ2v) is 8.45. The van der Waals surface area contributed by atoms with Crippen molar-refractivity contribution in [2.75, 3.05) is 6.61 Å². The van der Waals surface area contributed by atoms with Crippen LogP contribution in [0.1, 0.15) is 41.6 Å². The van der Waals surface area contributed by atoms with Crippen molar-refractivity contribution in [3.8, 4) is 17.2 Å². The lowest BCUT2D eigenvalue weighted by molar-refractivity contribution is -0.135. The van der Waals surface area contributed by atoms with Crippen molar-refractivity contribution in [1.82, 2.24) is 4.57 Å². The molecule has 1 atom stereocenters. The van der Waals surface area contributed by atoms with Crippen LogP contribution in [0.25, 0.3) is 0 Å². The third-order valence-electron chi connectivity index (χ3n) is 5.78. The van der Waals surface area contributed by atoms with E-state index in [0.29, 0.717) is 36.6 Å². The average Bonchev–Trinajstić information content (AvgIpc) is 2.78. The smallest absolute Gasteiger partial charge is 0.312 e. The molecule has 6 heteroatoms. The predicted octanol–water partition coefficient (Wildman–Crippen LogP) is 4.50. The van der Waals surface area contributed by atoms with Crippen LogP contribution in [0.15, 0.2) is 71.5 Å². The number of fused-ring (bicyclic) bond motifs is 1. The van der Waals surface area contributed by atoms with Crippen LogP contribution >= 0.6 is 0 Å². The molecule has 170 valence electrons. The molecule has 1 N–H and O–H groups in total. The van der Waals surface area contributed by atoms with Gasteiger partial charge in [-0.05, 0) is 49.6 Å². The van der Waals surface area contributed by atoms with Gasteiger partial charge in [-0.2, -0.15) is 0 Å². The zero-order valence-corrected chi connectivity index (χ0v) is 18.8. The molecule has 0 fully saturated rings. The minimum absolute atomic E-state index is 0.0662. The molecular weight excluding hydrogens is 418 g/mol. The maximum Gasteiger partial charge on any atom is 0.312 e. The molecule has 6 nitrogen and oxygen atoms in total. The van der Waals surface area contributed by atoms with Crippen LogP contribution in [-0.4, -0.2) is 22.2 Å². The van der Waals surface area contributed by atoms with Crippen LogP contribution in [-0.2, 0) is 17.8 Å². The van der Waals surface area contributed by atoms with Crippen molar-refractivity contribution in [3.63, 3.8) is 0 Å². The highest BCUT2D eigenvalue weighted by atomic mass is 16.5. The minimum Gasteiger partial charge on any atom is -0.508 e. The fourth-order valence-electron chi connectivity index (χ4n) is 4.14. The molecule has 0 saturated carbocycles. The zero-order chi connectivity index (χ0) is 23.5. The normalized spacial score (nSPS) is 15.0. The van der Waals surface area contributed by atoms with E-state index in [1.807, 2.05) is 50.2 Å². The van der Waals surface area contributed by atoms with E-state index in [1.165, 1.54) is 0 Å². The molecule has 2 heterocycles. The lowest BCUT2D eigenvalue weighted by Crippen LogP contribution is -2.33. The van der Waals surface area contributed by atoms with Gasteiger partial charge in [-0.25, -0.2) is 0 Å². The molecule has 2 aromatic carbocycles. The standard InChI is InChI=1S/C27H27NO5/c1-17(2)16-32-23-7-5-4-6-21(23)22-15-25(30)33-24-14-18(3)28(27(31)26(22)24)13-12-19-8-10-20(29)11-9-19/h4-11,14,22,29H,1,12-13,15-16H2,2-3H3/t22-/m1/s1. The van der Waals surface area contributed by atoms with Gasteiger partial charge < -0.3 is 19.1 Å². The monoisotopic (exact) mass is 445 g/mol. The van der Waals surface area contributed by atoms with Crippen LogP contribution in [0.2, 0.25) is 0 Å². The molecule has 0 unspecified atom stereocenters. The summed E-state index contributed by atoms with van der Waals surface area (Å²) in [6.45, 7) is 8.42. The number of carbonyl (C=O) groups excluding carboxylic acids is 1. The van der Waals surface area contributed by atoms with Crippen LogP contribution in [0.3, 0.4) is 0 Å². The summed E-state index contributed by atoms with van der Waals surface area (Å²) in [6.07, 6.45) is 0.694. The quantitative estimate of drug-likeness (QED) is 0.428. The topological polar surface area (TPSA) is 77.8 Å². The number of rotatable bonds is 7. The Morgan fingerprint density at radius 3 is 2.64 bits per heavy atom. The number of para-hydroxylation sites is 1. The van der Waals surface area contributed by atoms with Gasteiger partial charge in [-0.15, -0.1) is 0 Å². The Hall–Kier alpha value is -3.80. The third-order valence-corrected chi connectivity index (χ3v) is 5.78. The Morgan fingerprint density at radius 1 is 1.18 bits per heavy atom. The highest BCUT2D eigenvalue weighted by Crippen LogP contribution is 2.40. The van der Waals surface area contributed by atoms with Gasteiger partial charge in [0.05, 0.1) is 12.0 Å². The summed E-state index contributed by atoms with van der Waals surface area (Å²) in [6, 6.07) is 16.2. The van der Waals surface area contributed by atoms with Gasteiger partial charge in [0.2, 0.25) is 0 Å². The lowest BCUT2D eigenvalue weighted by Gasteiger charge is -2.27. The van der Waals surface area contributed by atoms with E-state index in [1.54, 1.807) is 22.8 Å². The number of aromatic nitrogens is 1. The van der Waals surface area contributed by atoms with E-state index in [4.69, 9.17) is 9.47 Å². The van der Waals surface area contributed by atoms with Crippen molar-refractivity contribution in [3.05, 3.63) is 99.5 Å². The predicted molar refractivity (Wildman–Crippen MR) is 126 cm³/mol. The number of aryl methyl sites for hydroxylation is 2. The number of phenols is 1. The molecule has 33 heavy (non-hydrogen) atoms. The second-order valence-electron chi connectivity index (χ2n) is 8.45. The van der Waals surface area contributed by atoms with Crippen molar-refractivity contribution < 1.29 is 19.4 Å². The van der Waals surface area contributed by atoms with Crippen molar-refractivity contribution in [2.45, 2.75) is 39.2 Å². The second kappa shape index (κ2) is 9.36. The number of benzene rings is 2. The highest BCUT2D eigenvalue weighted by molar-refractivity contribution is 5.78. The number of hydrogen-bond donors (Lipinski definition) is 1. The number of hydrogen-bond acceptors (Lipinski definition) is 5. The first-order valence-corrected chi connectivity index (χ1v) is 10.9. The molecule has 3 aromatic rings. The van der Waals surface area contributed by atoms with Crippen molar-refractivity contribution >= 4 is 5.97 Å². The molecule has 1 aliphatic rings. The molecule has 1 aromatic heterocycles. The molecule has 4 rings (SSSR count). The van der Waals surface area contributed by atoms with Gasteiger partial charge in [0.1, 0.15) is 23.9 Å². The number of carbonyl (C=O) groups is 1. The van der Waals surface area contributed by atoms with E-state index in [2.05, 4.69) is 6.58 Å². The Labute approximate surface area is 192 Å². The zero-order valence-electron chi connectivity index (χ0n) is 18.8. The first-order chi connectivity index (χ1) is 15.8. The third kappa shape index (κ3) is 4.85. The van der Waals surface area contributed by atoms with E-state index in [-0.39, 0.29) is 23.7 Å². The van der Waals surface area contributed by atoms with Crippen LogP contribution in [0.5, 0.6) is 17.2 Å². The van der Waals surface area contributed by atoms with Gasteiger partial charge in [-0.3, -0.25) is 9.59 Å². The van der Waals surface area contributed by atoms with Gasteiger partial charge in [0.15, 0.2) is 0 Å². The Balaban J connectivity index is 1.73. The van der Waals surface area contributed by atoms with Crippen molar-refractivity contribution in [2.24, 2.45) is 0 Å². The van der Waals surface area contributed by atoms with Crippen LogP contribution in [0.4, 0.5) is 0 Å². The van der Waals surface area contributed by atoms with Gasteiger partial charge in [-0.1, -0.05) is 36.9 Å². The molecule has 0 saturated heterocycles. The van der Waals surface area contributed by atoms with Gasteiger partial charge in [0.25, 0.3) is 5.56 Å². The molecule has 1 aliphatic heterocycles. The Morgan fingerprint density at radius 2 is 1.91 bits per heavy atom. The number of phenolic OH excluding ortho intramolecular Hbond substituents is 1. The summed E-state index contributed by atoms with van der Waals surface area (Å²) in [5.74, 6) is 0.313. The number of nitrogens with zero attached hydrogens (tertiary/aromatic N) is 1. The summed E-state index contributed by atoms with van der Waals surface area (Å²) >= 11 is 0. The van der Waals surface area contributed by atoms with E-state index >= 15 is 0 Å². The Kier molecular flexibility index (Phi) is 6.36. The first kappa shape index (κ1) is 22.4. The largest absolute Gasteiger partial charge is 0.508 e. The Bertz CT molecular complexity index is 1260. The average molecular weight is 446 g/mol. The molecule has 0 spiro atoms. The molecule has 0 radical (unpaired) electrons. The van der Waals surface area contributed by atoms with Gasteiger partial charge in [0, 0.05) is 29.8 Å². The number of aromatic hydroxyl groups is 1. The molecular formula is C27H27NO5. The molecule has 0 amide bonds. The maximum atomic E-state index is 13.7. The van der Waals surface area contributed by atoms with Crippen molar-refractivity contribution in [1.29, 1.82) is 0 Å². The number of pyridine rings is 1. The van der Waals surface area contributed by atoms with E-state index < -0.39 is 5.92 Å². The SMILES string of the molecule is C=C(C)COc1ccccc1[C@H]1CC(=O)Oc2cc(C)n(CCc3ccc(O)cc3)c(=O)c21. The molecule has 0 bridgehead atoms. The fourth-order valence-corrected chi connectivity index (χ4v) is 4.14. The fraction of sp³-hybridized carbons (Fsp3) is 0.259. The number of ether oxygens (including phenoxy) is 2. The van der Waals surface area contributed by atoms with E-state index in [0.717, 1.165) is 22.4 Å².